The number of hydrogen-bond donors (Lipinski definition) is 1. The molecular formula is C13H16FNO3. The highest BCUT2D eigenvalue weighted by atomic mass is 19.1. The summed E-state index contributed by atoms with van der Waals surface area (Å²) in [7, 11) is 0. The quantitative estimate of drug-likeness (QED) is 0.874. The summed E-state index contributed by atoms with van der Waals surface area (Å²) in [5.41, 5.74) is 0.441. The van der Waals surface area contributed by atoms with Gasteiger partial charge in [-0.25, -0.2) is 4.39 Å². The van der Waals surface area contributed by atoms with E-state index in [9.17, 15) is 14.3 Å². The van der Waals surface area contributed by atoms with Crippen LogP contribution in [-0.2, 0) is 16.0 Å². The van der Waals surface area contributed by atoms with Gasteiger partial charge < -0.3 is 9.84 Å². The standard InChI is InChI=1S/C13H16FNO3/c14-11-4-2-1-3-10(11)9-12(13(16)17)15-5-7-18-8-6-15/h1-4,12H,5-9H2,(H,16,17)/t12-/m1/s1. The van der Waals surface area contributed by atoms with Crippen LogP contribution in [0.4, 0.5) is 4.39 Å². The van der Waals surface area contributed by atoms with E-state index >= 15 is 0 Å². The molecule has 0 saturated carbocycles. The maximum atomic E-state index is 13.5. The summed E-state index contributed by atoms with van der Waals surface area (Å²) in [4.78, 5) is 13.1. The molecule has 18 heavy (non-hydrogen) atoms. The van der Waals surface area contributed by atoms with Gasteiger partial charge in [-0.3, -0.25) is 9.69 Å². The van der Waals surface area contributed by atoms with Gasteiger partial charge in [-0.05, 0) is 11.6 Å². The number of ether oxygens (including phenoxy) is 1. The summed E-state index contributed by atoms with van der Waals surface area (Å²) in [6.45, 7) is 2.21. The zero-order valence-corrected chi connectivity index (χ0v) is 10.0. The van der Waals surface area contributed by atoms with E-state index in [-0.39, 0.29) is 12.2 Å². The van der Waals surface area contributed by atoms with Crippen molar-refractivity contribution >= 4 is 5.97 Å². The molecule has 0 bridgehead atoms. The van der Waals surface area contributed by atoms with Gasteiger partial charge in [0.05, 0.1) is 13.2 Å². The summed E-state index contributed by atoms with van der Waals surface area (Å²) < 4.78 is 18.7. The maximum absolute atomic E-state index is 13.5. The molecule has 0 unspecified atom stereocenters. The summed E-state index contributed by atoms with van der Waals surface area (Å²) in [6, 6.07) is 5.62. The average Bonchev–Trinajstić information content (AvgIpc) is 2.38. The number of benzene rings is 1. The molecule has 98 valence electrons. The molecule has 1 saturated heterocycles. The third-order valence-electron chi connectivity index (χ3n) is 3.14. The van der Waals surface area contributed by atoms with Crippen LogP contribution in [0.2, 0.25) is 0 Å². The van der Waals surface area contributed by atoms with Crippen molar-refractivity contribution in [2.75, 3.05) is 26.3 Å². The van der Waals surface area contributed by atoms with Crippen LogP contribution in [0.3, 0.4) is 0 Å². The number of hydrogen-bond acceptors (Lipinski definition) is 3. The number of rotatable bonds is 4. The van der Waals surface area contributed by atoms with Gasteiger partial charge in [-0.1, -0.05) is 18.2 Å². The Labute approximate surface area is 105 Å². The fourth-order valence-corrected chi connectivity index (χ4v) is 2.13. The van der Waals surface area contributed by atoms with Gasteiger partial charge in [0, 0.05) is 19.5 Å². The van der Waals surface area contributed by atoms with Crippen molar-refractivity contribution in [3.63, 3.8) is 0 Å². The number of morpholine rings is 1. The van der Waals surface area contributed by atoms with E-state index in [1.807, 2.05) is 4.90 Å². The number of carbonyl (C=O) groups is 1. The van der Waals surface area contributed by atoms with Gasteiger partial charge >= 0.3 is 5.97 Å². The topological polar surface area (TPSA) is 49.8 Å². The van der Waals surface area contributed by atoms with Crippen LogP contribution in [0.1, 0.15) is 5.56 Å². The SMILES string of the molecule is O=C(O)[C@@H](Cc1ccccc1F)N1CCOCC1. The number of halogens is 1. The molecule has 2 rings (SSSR count). The van der Waals surface area contributed by atoms with Crippen LogP contribution < -0.4 is 0 Å². The molecule has 1 heterocycles. The van der Waals surface area contributed by atoms with Gasteiger partial charge in [0.15, 0.2) is 0 Å². The fourth-order valence-electron chi connectivity index (χ4n) is 2.13. The highest BCUT2D eigenvalue weighted by molar-refractivity contribution is 5.74. The minimum absolute atomic E-state index is 0.183. The maximum Gasteiger partial charge on any atom is 0.321 e. The summed E-state index contributed by atoms with van der Waals surface area (Å²) in [5, 5.41) is 9.27. The highest BCUT2D eigenvalue weighted by Crippen LogP contribution is 2.14. The molecule has 1 atom stereocenters. The normalized spacial score (nSPS) is 18.5. The van der Waals surface area contributed by atoms with Crippen LogP contribution in [0.5, 0.6) is 0 Å². The van der Waals surface area contributed by atoms with Crippen molar-refractivity contribution in [2.45, 2.75) is 12.5 Å². The van der Waals surface area contributed by atoms with Crippen LogP contribution in [0.15, 0.2) is 24.3 Å². The van der Waals surface area contributed by atoms with Crippen molar-refractivity contribution in [2.24, 2.45) is 0 Å². The second-order valence-corrected chi connectivity index (χ2v) is 4.30. The van der Waals surface area contributed by atoms with Crippen molar-refractivity contribution < 1.29 is 19.0 Å². The molecule has 0 aliphatic carbocycles. The van der Waals surface area contributed by atoms with Crippen molar-refractivity contribution in [3.8, 4) is 0 Å². The van der Waals surface area contributed by atoms with Gasteiger partial charge in [0.2, 0.25) is 0 Å². The second kappa shape index (κ2) is 5.93. The smallest absolute Gasteiger partial charge is 0.321 e. The Balaban J connectivity index is 2.11. The molecule has 1 aliphatic rings. The summed E-state index contributed by atoms with van der Waals surface area (Å²) >= 11 is 0. The van der Waals surface area contributed by atoms with E-state index in [0.717, 1.165) is 0 Å². The Kier molecular flexibility index (Phi) is 4.28. The molecule has 1 N–H and O–H groups in total. The van der Waals surface area contributed by atoms with E-state index in [4.69, 9.17) is 4.74 Å². The van der Waals surface area contributed by atoms with Crippen LogP contribution in [0, 0.1) is 5.82 Å². The molecule has 0 radical (unpaired) electrons. The number of aliphatic carboxylic acids is 1. The Hall–Kier alpha value is -1.46. The van der Waals surface area contributed by atoms with Crippen LogP contribution in [0.25, 0.3) is 0 Å². The lowest BCUT2D eigenvalue weighted by molar-refractivity contribution is -0.145. The molecular weight excluding hydrogens is 237 g/mol. The first-order valence-electron chi connectivity index (χ1n) is 5.96. The Bertz CT molecular complexity index is 418. The molecule has 4 nitrogen and oxygen atoms in total. The average molecular weight is 253 g/mol. The first-order chi connectivity index (χ1) is 8.68. The first kappa shape index (κ1) is 13.0. The third-order valence-corrected chi connectivity index (χ3v) is 3.14. The van der Waals surface area contributed by atoms with E-state index in [2.05, 4.69) is 0 Å². The molecule has 0 spiro atoms. The Morgan fingerprint density at radius 1 is 1.39 bits per heavy atom. The monoisotopic (exact) mass is 253 g/mol. The minimum Gasteiger partial charge on any atom is -0.480 e. The lowest BCUT2D eigenvalue weighted by Gasteiger charge is -2.32. The summed E-state index contributed by atoms with van der Waals surface area (Å²) in [5.74, 6) is -1.27. The van der Waals surface area contributed by atoms with E-state index in [0.29, 0.717) is 31.9 Å². The van der Waals surface area contributed by atoms with Gasteiger partial charge in [-0.15, -0.1) is 0 Å². The predicted molar refractivity (Wildman–Crippen MR) is 63.9 cm³/mol. The second-order valence-electron chi connectivity index (χ2n) is 4.30. The zero-order valence-electron chi connectivity index (χ0n) is 10.0. The van der Waals surface area contributed by atoms with E-state index < -0.39 is 12.0 Å². The van der Waals surface area contributed by atoms with Gasteiger partial charge in [-0.2, -0.15) is 0 Å². The molecule has 0 aromatic heterocycles. The molecule has 1 aromatic carbocycles. The van der Waals surface area contributed by atoms with Crippen LogP contribution in [-0.4, -0.2) is 48.3 Å². The van der Waals surface area contributed by atoms with E-state index in [1.165, 1.54) is 6.07 Å². The number of nitrogens with zero attached hydrogens (tertiary/aromatic N) is 1. The predicted octanol–water partition coefficient (Wildman–Crippen LogP) is 1.15. The number of carboxylic acid groups (broad SMARTS) is 1. The minimum atomic E-state index is -0.917. The fraction of sp³-hybridized carbons (Fsp3) is 0.462. The molecule has 5 heteroatoms. The first-order valence-corrected chi connectivity index (χ1v) is 5.96. The lowest BCUT2D eigenvalue weighted by Crippen LogP contribution is -2.48. The summed E-state index contributed by atoms with van der Waals surface area (Å²) in [6.07, 6.45) is 0.183. The van der Waals surface area contributed by atoms with Crippen molar-refractivity contribution in [3.05, 3.63) is 35.6 Å². The Morgan fingerprint density at radius 3 is 2.67 bits per heavy atom. The van der Waals surface area contributed by atoms with Crippen molar-refractivity contribution in [1.29, 1.82) is 0 Å². The third kappa shape index (κ3) is 3.05. The molecule has 1 aromatic rings. The van der Waals surface area contributed by atoms with E-state index in [1.54, 1.807) is 18.2 Å². The zero-order chi connectivity index (χ0) is 13.0. The Morgan fingerprint density at radius 2 is 2.06 bits per heavy atom. The lowest BCUT2D eigenvalue weighted by atomic mass is 10.0. The molecule has 1 aliphatic heterocycles. The highest BCUT2D eigenvalue weighted by Gasteiger charge is 2.27. The molecule has 1 fully saturated rings. The van der Waals surface area contributed by atoms with Crippen LogP contribution >= 0.6 is 0 Å². The number of carboxylic acids is 1. The van der Waals surface area contributed by atoms with Gasteiger partial charge in [0.25, 0.3) is 0 Å². The van der Waals surface area contributed by atoms with Gasteiger partial charge in [0.1, 0.15) is 11.9 Å². The molecule has 0 amide bonds. The van der Waals surface area contributed by atoms with Crippen molar-refractivity contribution in [1.82, 2.24) is 4.90 Å². The largest absolute Gasteiger partial charge is 0.480 e.